The standard InChI is InChI=1S/C22H37N5/c1-19(25(3)16-20-9-5-4-6-10-20)15-24-22(23-2)27-14-11-21(18-27)17-26-12-7-8-13-26/h4-6,9-10,19,21H,7-8,11-18H2,1-3H3,(H,23,24). The van der Waals surface area contributed by atoms with Crippen LogP contribution in [0.15, 0.2) is 35.3 Å². The van der Waals surface area contributed by atoms with Crippen molar-refractivity contribution >= 4 is 5.96 Å². The van der Waals surface area contributed by atoms with Crippen LogP contribution in [0.3, 0.4) is 0 Å². The van der Waals surface area contributed by atoms with Crippen molar-refractivity contribution in [2.75, 3.05) is 53.4 Å². The summed E-state index contributed by atoms with van der Waals surface area (Å²) in [4.78, 5) is 12.0. The van der Waals surface area contributed by atoms with Crippen molar-refractivity contribution in [3.63, 3.8) is 0 Å². The van der Waals surface area contributed by atoms with E-state index >= 15 is 0 Å². The van der Waals surface area contributed by atoms with Crippen LogP contribution >= 0.6 is 0 Å². The fourth-order valence-corrected chi connectivity index (χ4v) is 4.26. The van der Waals surface area contributed by atoms with Crippen LogP contribution in [0.5, 0.6) is 0 Å². The number of aliphatic imine (C=N–C) groups is 1. The number of guanidine groups is 1. The van der Waals surface area contributed by atoms with Gasteiger partial charge in [0, 0.05) is 45.8 Å². The minimum absolute atomic E-state index is 0.449. The smallest absolute Gasteiger partial charge is 0.193 e. The molecule has 2 saturated heterocycles. The van der Waals surface area contributed by atoms with Gasteiger partial charge >= 0.3 is 0 Å². The van der Waals surface area contributed by atoms with Crippen molar-refractivity contribution in [1.82, 2.24) is 20.0 Å². The van der Waals surface area contributed by atoms with Gasteiger partial charge in [-0.15, -0.1) is 0 Å². The molecular weight excluding hydrogens is 334 g/mol. The second kappa shape index (κ2) is 10.1. The van der Waals surface area contributed by atoms with Gasteiger partial charge in [-0.25, -0.2) is 0 Å². The molecule has 5 nitrogen and oxygen atoms in total. The Labute approximate surface area is 165 Å². The molecule has 0 amide bonds. The molecule has 5 heteroatoms. The van der Waals surface area contributed by atoms with E-state index in [0.717, 1.165) is 38.1 Å². The Morgan fingerprint density at radius 1 is 1.22 bits per heavy atom. The zero-order valence-electron chi connectivity index (χ0n) is 17.4. The maximum absolute atomic E-state index is 4.55. The van der Waals surface area contributed by atoms with E-state index in [0.29, 0.717) is 6.04 Å². The molecule has 0 radical (unpaired) electrons. The van der Waals surface area contributed by atoms with E-state index in [1.165, 1.54) is 44.5 Å². The number of nitrogens with zero attached hydrogens (tertiary/aromatic N) is 4. The molecule has 0 aliphatic carbocycles. The quantitative estimate of drug-likeness (QED) is 0.590. The predicted octanol–water partition coefficient (Wildman–Crippen LogP) is 2.50. The number of benzene rings is 1. The van der Waals surface area contributed by atoms with Crippen LogP contribution in [-0.2, 0) is 6.54 Å². The van der Waals surface area contributed by atoms with Crippen molar-refractivity contribution in [2.45, 2.75) is 38.8 Å². The van der Waals surface area contributed by atoms with Crippen molar-refractivity contribution < 1.29 is 0 Å². The first-order valence-corrected chi connectivity index (χ1v) is 10.6. The Morgan fingerprint density at radius 2 is 1.96 bits per heavy atom. The second-order valence-corrected chi connectivity index (χ2v) is 8.29. The van der Waals surface area contributed by atoms with Crippen LogP contribution < -0.4 is 5.32 Å². The van der Waals surface area contributed by atoms with E-state index in [2.05, 4.69) is 69.3 Å². The van der Waals surface area contributed by atoms with E-state index in [-0.39, 0.29) is 0 Å². The monoisotopic (exact) mass is 371 g/mol. The van der Waals surface area contributed by atoms with E-state index < -0.39 is 0 Å². The summed E-state index contributed by atoms with van der Waals surface area (Å²) in [5.74, 6) is 1.86. The molecule has 1 N–H and O–H groups in total. The van der Waals surface area contributed by atoms with Gasteiger partial charge in [0.2, 0.25) is 0 Å². The normalized spacial score (nSPS) is 22.6. The fraction of sp³-hybridized carbons (Fsp3) is 0.682. The van der Waals surface area contributed by atoms with Gasteiger partial charge < -0.3 is 15.1 Å². The Hall–Kier alpha value is -1.59. The predicted molar refractivity (Wildman–Crippen MR) is 114 cm³/mol. The van der Waals surface area contributed by atoms with Crippen molar-refractivity contribution in [2.24, 2.45) is 10.9 Å². The highest BCUT2D eigenvalue weighted by molar-refractivity contribution is 5.80. The molecule has 2 aliphatic heterocycles. The summed E-state index contributed by atoms with van der Waals surface area (Å²) in [5.41, 5.74) is 1.36. The molecule has 3 rings (SSSR count). The van der Waals surface area contributed by atoms with Crippen molar-refractivity contribution in [1.29, 1.82) is 0 Å². The van der Waals surface area contributed by atoms with Crippen LogP contribution in [0, 0.1) is 5.92 Å². The first-order valence-electron chi connectivity index (χ1n) is 10.6. The lowest BCUT2D eigenvalue weighted by Crippen LogP contribution is -2.46. The summed E-state index contributed by atoms with van der Waals surface area (Å²) in [6.07, 6.45) is 4.06. The number of likely N-dealkylation sites (tertiary alicyclic amines) is 2. The number of likely N-dealkylation sites (N-methyl/N-ethyl adjacent to an activating group) is 1. The van der Waals surface area contributed by atoms with Crippen molar-refractivity contribution in [3.05, 3.63) is 35.9 Å². The summed E-state index contributed by atoms with van der Waals surface area (Å²) in [6.45, 7) is 10.3. The molecular formula is C22H37N5. The number of nitrogens with one attached hydrogen (secondary N) is 1. The van der Waals surface area contributed by atoms with Gasteiger partial charge in [0.15, 0.2) is 5.96 Å². The average Bonchev–Trinajstić information content (AvgIpc) is 3.36. The Bertz CT molecular complexity index is 582. The maximum Gasteiger partial charge on any atom is 0.193 e. The van der Waals surface area contributed by atoms with Crippen LogP contribution in [0.2, 0.25) is 0 Å². The van der Waals surface area contributed by atoms with E-state index in [1.807, 2.05) is 7.05 Å². The number of hydrogen-bond acceptors (Lipinski definition) is 3. The summed E-state index contributed by atoms with van der Waals surface area (Å²) in [6, 6.07) is 11.1. The fourth-order valence-electron chi connectivity index (χ4n) is 4.26. The number of hydrogen-bond donors (Lipinski definition) is 1. The summed E-state index contributed by atoms with van der Waals surface area (Å²) < 4.78 is 0. The molecule has 2 aliphatic rings. The molecule has 0 spiro atoms. The van der Waals surface area contributed by atoms with Crippen LogP contribution in [0.1, 0.15) is 31.7 Å². The lowest BCUT2D eigenvalue weighted by Gasteiger charge is -2.28. The lowest BCUT2D eigenvalue weighted by molar-refractivity contribution is 0.247. The van der Waals surface area contributed by atoms with Gasteiger partial charge in [-0.05, 0) is 57.8 Å². The van der Waals surface area contributed by atoms with E-state index in [4.69, 9.17) is 0 Å². The molecule has 27 heavy (non-hydrogen) atoms. The van der Waals surface area contributed by atoms with Gasteiger partial charge in [0.1, 0.15) is 0 Å². The van der Waals surface area contributed by atoms with Crippen LogP contribution in [0.25, 0.3) is 0 Å². The van der Waals surface area contributed by atoms with Crippen LogP contribution in [-0.4, -0.2) is 80.1 Å². The maximum atomic E-state index is 4.55. The number of rotatable bonds is 7. The Morgan fingerprint density at radius 3 is 2.67 bits per heavy atom. The SMILES string of the molecule is CN=C(NCC(C)N(C)Cc1ccccc1)N1CCC(CN2CCCC2)C1. The molecule has 1 aromatic rings. The summed E-state index contributed by atoms with van der Waals surface area (Å²) in [5, 5.41) is 3.61. The third-order valence-corrected chi connectivity index (χ3v) is 6.10. The lowest BCUT2D eigenvalue weighted by atomic mass is 10.1. The van der Waals surface area contributed by atoms with Gasteiger partial charge in [-0.3, -0.25) is 9.89 Å². The highest BCUT2D eigenvalue weighted by Crippen LogP contribution is 2.20. The van der Waals surface area contributed by atoms with E-state index in [1.54, 1.807) is 0 Å². The van der Waals surface area contributed by atoms with Gasteiger partial charge in [-0.1, -0.05) is 30.3 Å². The van der Waals surface area contributed by atoms with Crippen molar-refractivity contribution in [3.8, 4) is 0 Å². The molecule has 2 unspecified atom stereocenters. The highest BCUT2D eigenvalue weighted by atomic mass is 15.3. The zero-order valence-corrected chi connectivity index (χ0v) is 17.4. The minimum Gasteiger partial charge on any atom is -0.355 e. The molecule has 2 heterocycles. The largest absolute Gasteiger partial charge is 0.355 e. The molecule has 150 valence electrons. The second-order valence-electron chi connectivity index (χ2n) is 8.29. The Balaban J connectivity index is 1.42. The zero-order chi connectivity index (χ0) is 19.1. The summed E-state index contributed by atoms with van der Waals surface area (Å²) >= 11 is 0. The molecule has 2 atom stereocenters. The molecule has 0 aromatic heterocycles. The first-order chi connectivity index (χ1) is 13.2. The van der Waals surface area contributed by atoms with E-state index in [9.17, 15) is 0 Å². The first kappa shape index (κ1) is 20.2. The van der Waals surface area contributed by atoms with Gasteiger partial charge in [0.05, 0.1) is 0 Å². The van der Waals surface area contributed by atoms with Crippen LogP contribution in [0.4, 0.5) is 0 Å². The third kappa shape index (κ3) is 5.94. The van der Waals surface area contributed by atoms with Gasteiger partial charge in [-0.2, -0.15) is 0 Å². The minimum atomic E-state index is 0.449. The average molecular weight is 372 g/mol. The Kier molecular flexibility index (Phi) is 7.53. The molecule has 2 fully saturated rings. The topological polar surface area (TPSA) is 34.1 Å². The highest BCUT2D eigenvalue weighted by Gasteiger charge is 2.27. The summed E-state index contributed by atoms with van der Waals surface area (Å²) in [7, 11) is 4.11. The van der Waals surface area contributed by atoms with Gasteiger partial charge in [0.25, 0.3) is 0 Å². The molecule has 1 aromatic carbocycles. The molecule has 0 bridgehead atoms. The third-order valence-electron chi connectivity index (χ3n) is 6.10. The molecule has 0 saturated carbocycles.